The molecule has 1 aliphatic rings. The number of alkyl halides is 3. The van der Waals surface area contributed by atoms with Crippen molar-refractivity contribution in [3.05, 3.63) is 35.1 Å². The van der Waals surface area contributed by atoms with E-state index in [0.29, 0.717) is 13.0 Å². The predicted octanol–water partition coefficient (Wildman–Crippen LogP) is 3.70. The highest BCUT2D eigenvalue weighted by atomic mass is 19.4. The maximum atomic E-state index is 13.6. The third kappa shape index (κ3) is 2.04. The molecule has 16 heavy (non-hydrogen) atoms. The topological polar surface area (TPSA) is 9.23 Å². The molecule has 0 amide bonds. The monoisotopic (exact) mass is 234 g/mol. The second-order valence-corrected chi connectivity index (χ2v) is 3.71. The molecular formula is C11H10F4O. The van der Waals surface area contributed by atoms with Gasteiger partial charge < -0.3 is 4.74 Å². The third-order valence-corrected chi connectivity index (χ3v) is 2.61. The Kier molecular flexibility index (Phi) is 2.88. The summed E-state index contributed by atoms with van der Waals surface area (Å²) in [7, 11) is 0. The Bertz CT molecular complexity index is 380. The molecule has 88 valence electrons. The van der Waals surface area contributed by atoms with E-state index in [1.807, 2.05) is 0 Å². The van der Waals surface area contributed by atoms with Crippen molar-refractivity contribution >= 4 is 0 Å². The lowest BCUT2D eigenvalue weighted by atomic mass is 10.0. The van der Waals surface area contributed by atoms with Gasteiger partial charge in [-0.1, -0.05) is 12.1 Å². The van der Waals surface area contributed by atoms with Crippen molar-refractivity contribution in [2.24, 2.45) is 0 Å². The molecule has 1 heterocycles. The fourth-order valence-corrected chi connectivity index (χ4v) is 1.84. The zero-order valence-electron chi connectivity index (χ0n) is 8.35. The van der Waals surface area contributed by atoms with Crippen LogP contribution in [0.25, 0.3) is 0 Å². The van der Waals surface area contributed by atoms with Gasteiger partial charge in [-0.2, -0.15) is 13.2 Å². The zero-order valence-corrected chi connectivity index (χ0v) is 8.35. The number of ether oxygens (including phenoxy) is 1. The first-order chi connectivity index (χ1) is 7.50. The van der Waals surface area contributed by atoms with Gasteiger partial charge in [0, 0.05) is 12.2 Å². The first-order valence-electron chi connectivity index (χ1n) is 4.97. The Morgan fingerprint density at radius 2 is 2.00 bits per heavy atom. The van der Waals surface area contributed by atoms with Crippen LogP contribution in [0.1, 0.15) is 30.1 Å². The molecule has 0 bridgehead atoms. The van der Waals surface area contributed by atoms with Gasteiger partial charge in [-0.3, -0.25) is 0 Å². The third-order valence-electron chi connectivity index (χ3n) is 2.61. The average molecular weight is 234 g/mol. The summed E-state index contributed by atoms with van der Waals surface area (Å²) in [6.45, 7) is 0.473. The number of hydrogen-bond donors (Lipinski definition) is 0. The minimum absolute atomic E-state index is 0.00678. The summed E-state index contributed by atoms with van der Waals surface area (Å²) in [6, 6.07) is 3.30. The molecule has 0 aliphatic carbocycles. The highest BCUT2D eigenvalue weighted by Crippen LogP contribution is 2.37. The molecule has 1 fully saturated rings. The predicted molar refractivity (Wildman–Crippen MR) is 49.3 cm³/mol. The normalized spacial score (nSPS) is 21.4. The largest absolute Gasteiger partial charge is 0.419 e. The van der Waals surface area contributed by atoms with E-state index in [-0.39, 0.29) is 5.56 Å². The van der Waals surface area contributed by atoms with Crippen LogP contribution in [0.4, 0.5) is 17.6 Å². The van der Waals surface area contributed by atoms with E-state index in [0.717, 1.165) is 12.5 Å². The van der Waals surface area contributed by atoms with Crippen LogP contribution < -0.4 is 0 Å². The highest BCUT2D eigenvalue weighted by molar-refractivity contribution is 5.30. The summed E-state index contributed by atoms with van der Waals surface area (Å²) < 4.78 is 56.1. The first-order valence-corrected chi connectivity index (χ1v) is 4.97. The molecule has 1 aliphatic heterocycles. The minimum Gasteiger partial charge on any atom is -0.373 e. The van der Waals surface area contributed by atoms with Crippen molar-refractivity contribution in [2.75, 3.05) is 6.61 Å². The first kappa shape index (κ1) is 11.4. The van der Waals surface area contributed by atoms with Crippen LogP contribution in [0.15, 0.2) is 18.2 Å². The average Bonchev–Trinajstić information content (AvgIpc) is 2.69. The molecule has 0 saturated carbocycles. The maximum absolute atomic E-state index is 13.6. The van der Waals surface area contributed by atoms with E-state index in [1.54, 1.807) is 0 Å². The van der Waals surface area contributed by atoms with Gasteiger partial charge in [-0.25, -0.2) is 4.39 Å². The highest BCUT2D eigenvalue weighted by Gasteiger charge is 2.36. The Morgan fingerprint density at radius 1 is 1.25 bits per heavy atom. The summed E-state index contributed by atoms with van der Waals surface area (Å²) in [4.78, 5) is 0. The molecule has 1 unspecified atom stereocenters. The van der Waals surface area contributed by atoms with Crippen molar-refractivity contribution in [2.45, 2.75) is 25.1 Å². The Hall–Kier alpha value is -1.10. The van der Waals surface area contributed by atoms with Crippen LogP contribution in [0.3, 0.4) is 0 Å². The number of rotatable bonds is 1. The van der Waals surface area contributed by atoms with Gasteiger partial charge in [-0.05, 0) is 18.9 Å². The summed E-state index contributed by atoms with van der Waals surface area (Å²) >= 11 is 0. The van der Waals surface area contributed by atoms with Crippen LogP contribution in [0, 0.1) is 5.82 Å². The molecular weight excluding hydrogens is 224 g/mol. The fraction of sp³-hybridized carbons (Fsp3) is 0.455. The summed E-state index contributed by atoms with van der Waals surface area (Å²) in [5.74, 6) is -1.21. The van der Waals surface area contributed by atoms with Gasteiger partial charge in [0.05, 0.1) is 11.7 Å². The van der Waals surface area contributed by atoms with Gasteiger partial charge >= 0.3 is 6.18 Å². The van der Waals surface area contributed by atoms with Crippen LogP contribution in [-0.2, 0) is 10.9 Å². The molecule has 0 radical (unpaired) electrons. The Morgan fingerprint density at radius 3 is 2.56 bits per heavy atom. The number of halogens is 4. The molecule has 0 spiro atoms. The molecule has 1 nitrogen and oxygen atoms in total. The molecule has 1 aromatic carbocycles. The van der Waals surface area contributed by atoms with E-state index >= 15 is 0 Å². The molecule has 5 heteroatoms. The van der Waals surface area contributed by atoms with Gasteiger partial charge in [0.25, 0.3) is 0 Å². The lowest BCUT2D eigenvalue weighted by Crippen LogP contribution is -2.11. The van der Waals surface area contributed by atoms with E-state index < -0.39 is 23.7 Å². The van der Waals surface area contributed by atoms with Gasteiger partial charge in [0.1, 0.15) is 5.82 Å². The summed E-state index contributed by atoms with van der Waals surface area (Å²) in [5.41, 5.74) is -1.21. The van der Waals surface area contributed by atoms with Crippen molar-refractivity contribution in [1.82, 2.24) is 0 Å². The standard InChI is InChI=1S/C11H10F4O/c12-10-7(9-5-2-6-16-9)3-1-4-8(10)11(13,14)15/h1,3-4,9H,2,5-6H2. The fourth-order valence-electron chi connectivity index (χ4n) is 1.84. The second kappa shape index (κ2) is 4.05. The SMILES string of the molecule is Fc1c(C2CCCO2)cccc1C(F)(F)F. The van der Waals surface area contributed by atoms with Crippen molar-refractivity contribution < 1.29 is 22.3 Å². The summed E-state index contributed by atoms with van der Waals surface area (Å²) in [5, 5.41) is 0. The van der Waals surface area contributed by atoms with Crippen molar-refractivity contribution in [3.63, 3.8) is 0 Å². The molecule has 1 atom stereocenters. The van der Waals surface area contributed by atoms with Crippen molar-refractivity contribution in [1.29, 1.82) is 0 Å². The number of hydrogen-bond acceptors (Lipinski definition) is 1. The van der Waals surface area contributed by atoms with Crippen LogP contribution >= 0.6 is 0 Å². The lowest BCUT2D eigenvalue weighted by Gasteiger charge is -2.14. The Labute approximate surface area is 90.0 Å². The van der Waals surface area contributed by atoms with E-state index in [2.05, 4.69) is 0 Å². The van der Waals surface area contributed by atoms with E-state index in [1.165, 1.54) is 12.1 Å². The van der Waals surface area contributed by atoms with Crippen LogP contribution in [0.2, 0.25) is 0 Å². The van der Waals surface area contributed by atoms with Gasteiger partial charge in [0.15, 0.2) is 0 Å². The molecule has 0 N–H and O–H groups in total. The molecule has 1 aromatic rings. The molecule has 2 rings (SSSR count). The van der Waals surface area contributed by atoms with Crippen LogP contribution in [-0.4, -0.2) is 6.61 Å². The van der Waals surface area contributed by atoms with Gasteiger partial charge in [-0.15, -0.1) is 0 Å². The minimum atomic E-state index is -4.65. The van der Waals surface area contributed by atoms with E-state index in [9.17, 15) is 17.6 Å². The molecule has 1 saturated heterocycles. The number of benzene rings is 1. The molecule has 0 aromatic heterocycles. The maximum Gasteiger partial charge on any atom is 0.419 e. The summed E-state index contributed by atoms with van der Waals surface area (Å²) in [6.07, 6.45) is -3.88. The quantitative estimate of drug-likeness (QED) is 0.673. The van der Waals surface area contributed by atoms with Crippen molar-refractivity contribution in [3.8, 4) is 0 Å². The second-order valence-electron chi connectivity index (χ2n) is 3.71. The zero-order chi connectivity index (χ0) is 11.8. The smallest absolute Gasteiger partial charge is 0.373 e. The van der Waals surface area contributed by atoms with E-state index in [4.69, 9.17) is 4.74 Å². The lowest BCUT2D eigenvalue weighted by molar-refractivity contribution is -0.140. The van der Waals surface area contributed by atoms with Crippen LogP contribution in [0.5, 0.6) is 0 Å². The van der Waals surface area contributed by atoms with Gasteiger partial charge in [0.2, 0.25) is 0 Å². The Balaban J connectivity index is 2.40.